The van der Waals surface area contributed by atoms with Crippen LogP contribution in [0.5, 0.6) is 0 Å². The van der Waals surface area contributed by atoms with E-state index in [9.17, 15) is 9.59 Å². The Morgan fingerprint density at radius 1 is 1.71 bits per heavy atom. The van der Waals surface area contributed by atoms with Crippen LogP contribution in [0.4, 0.5) is 4.79 Å². The van der Waals surface area contributed by atoms with Gasteiger partial charge in [0, 0.05) is 5.92 Å². The molecule has 3 atom stereocenters. The van der Waals surface area contributed by atoms with Gasteiger partial charge in [0.1, 0.15) is 12.1 Å². The SMILES string of the molecule is COC(=O)NC1C(=O)OC2C=CCC21. The summed E-state index contributed by atoms with van der Waals surface area (Å²) in [7, 11) is 1.26. The van der Waals surface area contributed by atoms with E-state index in [0.29, 0.717) is 0 Å². The van der Waals surface area contributed by atoms with Gasteiger partial charge in [-0.25, -0.2) is 9.59 Å². The van der Waals surface area contributed by atoms with Crippen molar-refractivity contribution in [3.05, 3.63) is 12.2 Å². The summed E-state index contributed by atoms with van der Waals surface area (Å²) < 4.78 is 9.48. The number of esters is 1. The molecule has 1 amide bonds. The van der Waals surface area contributed by atoms with Crippen molar-refractivity contribution in [2.45, 2.75) is 18.6 Å². The molecule has 1 fully saturated rings. The minimum absolute atomic E-state index is 0.0293. The summed E-state index contributed by atoms with van der Waals surface area (Å²) in [5.74, 6) is -0.351. The van der Waals surface area contributed by atoms with Crippen LogP contribution in [0, 0.1) is 5.92 Å². The molecule has 0 aromatic rings. The van der Waals surface area contributed by atoms with E-state index in [1.165, 1.54) is 7.11 Å². The van der Waals surface area contributed by atoms with E-state index in [2.05, 4.69) is 10.1 Å². The number of carbonyl (C=O) groups excluding carboxylic acids is 2. The van der Waals surface area contributed by atoms with Gasteiger partial charge in [0.15, 0.2) is 0 Å². The molecule has 1 N–H and O–H groups in total. The van der Waals surface area contributed by atoms with Crippen molar-refractivity contribution in [3.8, 4) is 0 Å². The van der Waals surface area contributed by atoms with Gasteiger partial charge in [0.25, 0.3) is 0 Å². The van der Waals surface area contributed by atoms with Gasteiger partial charge in [-0.2, -0.15) is 0 Å². The predicted octanol–water partition coefficient (Wildman–Crippen LogP) is 0.212. The molecule has 2 rings (SSSR count). The molecular weight excluding hydrogens is 186 g/mol. The lowest BCUT2D eigenvalue weighted by Gasteiger charge is -2.13. The van der Waals surface area contributed by atoms with Crippen LogP contribution in [0.3, 0.4) is 0 Å². The van der Waals surface area contributed by atoms with E-state index in [1.807, 2.05) is 12.2 Å². The molecule has 0 bridgehead atoms. The van der Waals surface area contributed by atoms with Gasteiger partial charge in [-0.05, 0) is 12.5 Å². The van der Waals surface area contributed by atoms with Crippen molar-refractivity contribution in [2.24, 2.45) is 5.92 Å². The van der Waals surface area contributed by atoms with Gasteiger partial charge in [0.05, 0.1) is 7.11 Å². The second-order valence-corrected chi connectivity index (χ2v) is 3.34. The second kappa shape index (κ2) is 3.32. The Labute approximate surface area is 81.1 Å². The highest BCUT2D eigenvalue weighted by Crippen LogP contribution is 2.31. The fourth-order valence-corrected chi connectivity index (χ4v) is 1.83. The van der Waals surface area contributed by atoms with E-state index in [-0.39, 0.29) is 18.0 Å². The second-order valence-electron chi connectivity index (χ2n) is 3.34. The van der Waals surface area contributed by atoms with E-state index < -0.39 is 12.1 Å². The fraction of sp³-hybridized carbons (Fsp3) is 0.556. The van der Waals surface area contributed by atoms with E-state index in [4.69, 9.17) is 4.74 Å². The number of hydrogen-bond acceptors (Lipinski definition) is 4. The molecular formula is C9H11NO4. The molecule has 0 radical (unpaired) electrons. The number of nitrogens with one attached hydrogen (secondary N) is 1. The summed E-state index contributed by atoms with van der Waals surface area (Å²) in [4.78, 5) is 22.3. The third-order valence-corrected chi connectivity index (χ3v) is 2.55. The van der Waals surface area contributed by atoms with Crippen molar-refractivity contribution in [3.63, 3.8) is 0 Å². The summed E-state index contributed by atoms with van der Waals surface area (Å²) >= 11 is 0. The molecule has 14 heavy (non-hydrogen) atoms. The van der Waals surface area contributed by atoms with E-state index in [0.717, 1.165) is 6.42 Å². The highest BCUT2D eigenvalue weighted by Gasteiger charge is 2.45. The number of rotatable bonds is 1. The molecule has 2 aliphatic rings. The first-order valence-electron chi connectivity index (χ1n) is 4.44. The van der Waals surface area contributed by atoms with Crippen molar-refractivity contribution in [1.82, 2.24) is 5.32 Å². The number of hydrogen-bond donors (Lipinski definition) is 1. The average Bonchev–Trinajstić information content (AvgIpc) is 2.70. The van der Waals surface area contributed by atoms with Crippen LogP contribution in [0.1, 0.15) is 6.42 Å². The van der Waals surface area contributed by atoms with Gasteiger partial charge < -0.3 is 14.8 Å². The zero-order valence-electron chi connectivity index (χ0n) is 7.73. The first-order valence-corrected chi connectivity index (χ1v) is 4.44. The Bertz CT molecular complexity index is 299. The molecule has 5 heteroatoms. The Morgan fingerprint density at radius 3 is 3.21 bits per heavy atom. The molecule has 1 saturated heterocycles. The minimum Gasteiger partial charge on any atom is -0.456 e. The van der Waals surface area contributed by atoms with Crippen LogP contribution in [-0.2, 0) is 14.3 Å². The molecule has 5 nitrogen and oxygen atoms in total. The summed E-state index contributed by atoms with van der Waals surface area (Å²) in [6, 6.07) is -0.567. The fourth-order valence-electron chi connectivity index (χ4n) is 1.83. The van der Waals surface area contributed by atoms with Gasteiger partial charge >= 0.3 is 12.1 Å². The maximum atomic E-state index is 11.3. The first-order chi connectivity index (χ1) is 6.72. The number of ether oxygens (including phenoxy) is 2. The number of carbonyl (C=O) groups is 2. The Morgan fingerprint density at radius 2 is 2.50 bits per heavy atom. The smallest absolute Gasteiger partial charge is 0.407 e. The van der Waals surface area contributed by atoms with Crippen LogP contribution in [0.15, 0.2) is 12.2 Å². The zero-order valence-corrected chi connectivity index (χ0v) is 7.73. The summed E-state index contributed by atoms with van der Waals surface area (Å²) in [5, 5.41) is 2.47. The Balaban J connectivity index is 2.04. The van der Waals surface area contributed by atoms with Gasteiger partial charge in [-0.3, -0.25) is 0 Å². The summed E-state index contributed by atoms with van der Waals surface area (Å²) in [6.45, 7) is 0. The van der Waals surface area contributed by atoms with Crippen molar-refractivity contribution in [2.75, 3.05) is 7.11 Å². The lowest BCUT2D eigenvalue weighted by Crippen LogP contribution is -2.42. The maximum absolute atomic E-state index is 11.3. The molecule has 3 unspecified atom stereocenters. The predicted molar refractivity (Wildman–Crippen MR) is 46.5 cm³/mol. The van der Waals surface area contributed by atoms with Gasteiger partial charge in [0.2, 0.25) is 0 Å². The van der Waals surface area contributed by atoms with Crippen LogP contribution in [-0.4, -0.2) is 31.3 Å². The summed E-state index contributed by atoms with van der Waals surface area (Å²) in [6.07, 6.45) is 3.78. The van der Waals surface area contributed by atoms with E-state index >= 15 is 0 Å². The number of allylic oxidation sites excluding steroid dienone is 1. The number of methoxy groups -OCH3 is 1. The number of alkyl carbamates (subject to hydrolysis) is 1. The molecule has 0 aromatic carbocycles. The minimum atomic E-state index is -0.598. The van der Waals surface area contributed by atoms with Crippen LogP contribution in [0.2, 0.25) is 0 Å². The molecule has 0 spiro atoms. The van der Waals surface area contributed by atoms with Crippen molar-refractivity contribution >= 4 is 12.1 Å². The van der Waals surface area contributed by atoms with Crippen LogP contribution in [0.25, 0.3) is 0 Å². The quantitative estimate of drug-likeness (QED) is 0.482. The number of fused-ring (bicyclic) bond motifs is 1. The average molecular weight is 197 g/mol. The maximum Gasteiger partial charge on any atom is 0.407 e. The zero-order chi connectivity index (χ0) is 10.1. The monoisotopic (exact) mass is 197 g/mol. The molecule has 1 heterocycles. The molecule has 76 valence electrons. The lowest BCUT2D eigenvalue weighted by molar-refractivity contribution is -0.141. The third-order valence-electron chi connectivity index (χ3n) is 2.55. The molecule has 1 aliphatic heterocycles. The molecule has 0 aromatic heterocycles. The van der Waals surface area contributed by atoms with Crippen LogP contribution < -0.4 is 5.32 Å². The Hall–Kier alpha value is -1.52. The Kier molecular flexibility index (Phi) is 2.15. The van der Waals surface area contributed by atoms with Crippen LogP contribution >= 0.6 is 0 Å². The first kappa shape index (κ1) is 9.05. The van der Waals surface area contributed by atoms with Gasteiger partial charge in [-0.1, -0.05) is 6.08 Å². The topological polar surface area (TPSA) is 64.6 Å². The molecule has 0 saturated carbocycles. The van der Waals surface area contributed by atoms with Gasteiger partial charge in [-0.15, -0.1) is 0 Å². The highest BCUT2D eigenvalue weighted by atomic mass is 16.6. The highest BCUT2D eigenvalue weighted by molar-refractivity contribution is 5.84. The normalized spacial score (nSPS) is 33.8. The standard InChI is InChI=1S/C9H11NO4/c1-13-9(12)10-7-5-3-2-4-6(5)14-8(7)11/h2,4-7H,3H2,1H3,(H,10,12). The third kappa shape index (κ3) is 1.34. The molecule has 1 aliphatic carbocycles. The van der Waals surface area contributed by atoms with Crippen molar-refractivity contribution < 1.29 is 19.1 Å². The largest absolute Gasteiger partial charge is 0.456 e. The summed E-state index contributed by atoms with van der Waals surface area (Å²) in [5.41, 5.74) is 0. The number of amides is 1. The van der Waals surface area contributed by atoms with E-state index in [1.54, 1.807) is 0 Å². The lowest BCUT2D eigenvalue weighted by atomic mass is 9.98. The van der Waals surface area contributed by atoms with Crippen molar-refractivity contribution in [1.29, 1.82) is 0 Å².